The molecule has 0 bridgehead atoms. The fourth-order valence-electron chi connectivity index (χ4n) is 2.81. The summed E-state index contributed by atoms with van der Waals surface area (Å²) >= 11 is 0. The molecule has 0 aliphatic rings. The van der Waals surface area contributed by atoms with E-state index in [1.807, 2.05) is 0 Å². The van der Waals surface area contributed by atoms with Crippen molar-refractivity contribution in [2.75, 3.05) is 31.2 Å². The minimum atomic E-state index is -0.607. The molecule has 0 fully saturated rings. The highest BCUT2D eigenvalue weighted by Gasteiger charge is 2.16. The number of unbranched alkanes of at least 4 members (excludes halogenated alkanes) is 1. The zero-order chi connectivity index (χ0) is 20.0. The first kappa shape index (κ1) is 20.5. The third-order valence-electron chi connectivity index (χ3n) is 4.26. The van der Waals surface area contributed by atoms with Gasteiger partial charge >= 0.3 is 5.69 Å². The fraction of sp³-hybridized carbons (Fsp3) is 0.562. The van der Waals surface area contributed by atoms with Crippen molar-refractivity contribution in [1.82, 2.24) is 24.8 Å². The van der Waals surface area contributed by atoms with Crippen molar-refractivity contribution in [1.29, 1.82) is 0 Å². The molecule has 2 aromatic rings. The molecule has 0 saturated heterocycles. The smallest absolute Gasteiger partial charge is 0.351 e. The minimum Gasteiger partial charge on any atom is -0.383 e. The van der Waals surface area contributed by atoms with Gasteiger partial charge in [-0.2, -0.15) is 9.97 Å². The van der Waals surface area contributed by atoms with Gasteiger partial charge in [-0.25, -0.2) is 4.79 Å². The van der Waals surface area contributed by atoms with Crippen molar-refractivity contribution < 1.29 is 4.79 Å². The predicted molar refractivity (Wildman–Crippen MR) is 104 cm³/mol. The molecule has 0 aliphatic heterocycles. The summed E-state index contributed by atoms with van der Waals surface area (Å²) in [5.74, 6) is 0.0633. The second kappa shape index (κ2) is 9.24. The van der Waals surface area contributed by atoms with E-state index in [0.29, 0.717) is 19.5 Å². The molecule has 148 valence electrons. The number of nitrogen functional groups attached to an aromatic ring is 1. The van der Waals surface area contributed by atoms with Gasteiger partial charge < -0.3 is 22.1 Å². The van der Waals surface area contributed by atoms with Gasteiger partial charge in [-0.1, -0.05) is 6.42 Å². The second-order valence-electron chi connectivity index (χ2n) is 6.20. The zero-order valence-corrected chi connectivity index (χ0v) is 15.5. The summed E-state index contributed by atoms with van der Waals surface area (Å²) in [5, 5.41) is 5.92. The van der Waals surface area contributed by atoms with Gasteiger partial charge in [0, 0.05) is 20.1 Å². The Hall–Kier alpha value is -2.79. The highest BCUT2D eigenvalue weighted by molar-refractivity contribution is 5.85. The third-order valence-corrected chi connectivity index (χ3v) is 4.26. The van der Waals surface area contributed by atoms with E-state index >= 15 is 0 Å². The van der Waals surface area contributed by atoms with Crippen LogP contribution in [0.15, 0.2) is 9.59 Å². The maximum Gasteiger partial charge on any atom is 0.351 e. The lowest BCUT2D eigenvalue weighted by atomic mass is 10.1. The summed E-state index contributed by atoms with van der Waals surface area (Å²) in [5.41, 5.74) is 10.3. The van der Waals surface area contributed by atoms with Crippen LogP contribution >= 0.6 is 0 Å². The Labute approximate surface area is 155 Å². The topological polar surface area (TPSA) is 174 Å². The first-order valence-electron chi connectivity index (χ1n) is 8.81. The standard InChI is InChI=1S/C16H26N8O3/c1-9(25)10(5-3-4-6-17)20-7-8-24-13-11(12(18)21-16(24)27)14(26)23-15(19-2)22-13/h10,20H,3-8,17H2,1-2H3,(H2,18,21,27)(H2,19,22,23,26)/t10-/m0/s1. The van der Waals surface area contributed by atoms with Crippen LogP contribution in [0.3, 0.4) is 0 Å². The van der Waals surface area contributed by atoms with Crippen LogP contribution in [0.4, 0.5) is 11.8 Å². The molecule has 0 saturated carbocycles. The fourth-order valence-corrected chi connectivity index (χ4v) is 2.81. The molecule has 0 radical (unpaired) electrons. The molecular weight excluding hydrogens is 352 g/mol. The lowest BCUT2D eigenvalue weighted by Crippen LogP contribution is -2.39. The van der Waals surface area contributed by atoms with E-state index in [9.17, 15) is 14.4 Å². The molecule has 1 atom stereocenters. The quantitative estimate of drug-likeness (QED) is 0.317. The second-order valence-corrected chi connectivity index (χ2v) is 6.20. The van der Waals surface area contributed by atoms with Gasteiger partial charge in [0.05, 0.1) is 6.04 Å². The highest BCUT2D eigenvalue weighted by atomic mass is 16.1. The number of hydrogen-bond acceptors (Lipinski definition) is 9. The molecule has 11 nitrogen and oxygen atoms in total. The minimum absolute atomic E-state index is 0.0201. The Morgan fingerprint density at radius 2 is 2.04 bits per heavy atom. The Bertz CT molecular complexity index is 920. The Morgan fingerprint density at radius 1 is 1.30 bits per heavy atom. The number of Topliss-reactive ketones (excluding diaryl/α,β-unsaturated/α-hetero) is 1. The number of carbonyl (C=O) groups is 1. The van der Waals surface area contributed by atoms with Gasteiger partial charge in [-0.3, -0.25) is 19.1 Å². The molecule has 11 heteroatoms. The first-order valence-corrected chi connectivity index (χ1v) is 8.81. The van der Waals surface area contributed by atoms with E-state index in [2.05, 4.69) is 25.6 Å². The van der Waals surface area contributed by atoms with Gasteiger partial charge in [0.2, 0.25) is 5.95 Å². The van der Waals surface area contributed by atoms with Crippen molar-refractivity contribution in [2.24, 2.45) is 5.73 Å². The number of carbonyl (C=O) groups excluding carboxylic acids is 1. The number of anilines is 2. The zero-order valence-electron chi connectivity index (χ0n) is 15.5. The Balaban J connectivity index is 2.25. The summed E-state index contributed by atoms with van der Waals surface area (Å²) in [4.78, 5) is 46.7. The molecular formula is C16H26N8O3. The first-order chi connectivity index (χ1) is 12.9. The number of aromatic amines is 1. The summed E-state index contributed by atoms with van der Waals surface area (Å²) in [6.07, 6.45) is 2.35. The van der Waals surface area contributed by atoms with E-state index in [-0.39, 0.29) is 41.2 Å². The van der Waals surface area contributed by atoms with Crippen molar-refractivity contribution in [3.05, 3.63) is 20.8 Å². The molecule has 27 heavy (non-hydrogen) atoms. The predicted octanol–water partition coefficient (Wildman–Crippen LogP) is -1.22. The monoisotopic (exact) mass is 378 g/mol. The number of H-pyrrole nitrogens is 1. The van der Waals surface area contributed by atoms with Crippen LogP contribution in [-0.4, -0.2) is 51.5 Å². The number of hydrogen-bond donors (Lipinski definition) is 5. The van der Waals surface area contributed by atoms with Crippen molar-refractivity contribution in [3.63, 3.8) is 0 Å². The summed E-state index contributed by atoms with van der Waals surface area (Å²) in [6, 6.07) is -0.315. The van der Waals surface area contributed by atoms with Crippen LogP contribution < -0.4 is 33.3 Å². The van der Waals surface area contributed by atoms with Gasteiger partial charge in [-0.15, -0.1) is 0 Å². The average molecular weight is 378 g/mol. The van der Waals surface area contributed by atoms with E-state index < -0.39 is 11.2 Å². The van der Waals surface area contributed by atoms with Crippen LogP contribution in [0, 0.1) is 0 Å². The molecule has 2 heterocycles. The van der Waals surface area contributed by atoms with Crippen molar-refractivity contribution >= 4 is 28.6 Å². The molecule has 0 amide bonds. The largest absolute Gasteiger partial charge is 0.383 e. The maximum atomic E-state index is 12.3. The van der Waals surface area contributed by atoms with E-state index in [1.54, 1.807) is 7.05 Å². The average Bonchev–Trinajstić information content (AvgIpc) is 2.61. The van der Waals surface area contributed by atoms with E-state index in [0.717, 1.165) is 12.8 Å². The molecule has 2 aromatic heterocycles. The van der Waals surface area contributed by atoms with Gasteiger partial charge in [-0.05, 0) is 26.3 Å². The van der Waals surface area contributed by atoms with E-state index in [1.165, 1.54) is 11.5 Å². The number of ketones is 1. The van der Waals surface area contributed by atoms with Gasteiger partial charge in [0.25, 0.3) is 5.56 Å². The summed E-state index contributed by atoms with van der Waals surface area (Å²) in [7, 11) is 1.59. The van der Waals surface area contributed by atoms with Gasteiger partial charge in [0.15, 0.2) is 5.65 Å². The molecule has 7 N–H and O–H groups in total. The highest BCUT2D eigenvalue weighted by Crippen LogP contribution is 2.11. The number of nitrogens with one attached hydrogen (secondary N) is 3. The lowest BCUT2D eigenvalue weighted by molar-refractivity contribution is -0.119. The molecule has 0 aliphatic carbocycles. The van der Waals surface area contributed by atoms with Crippen LogP contribution in [0.25, 0.3) is 11.0 Å². The lowest BCUT2D eigenvalue weighted by Gasteiger charge is -2.17. The number of nitrogens with zero attached hydrogens (tertiary/aromatic N) is 3. The molecule has 0 aromatic carbocycles. The van der Waals surface area contributed by atoms with Crippen LogP contribution in [-0.2, 0) is 11.3 Å². The van der Waals surface area contributed by atoms with E-state index in [4.69, 9.17) is 11.5 Å². The summed E-state index contributed by atoms with van der Waals surface area (Å²) in [6.45, 7) is 2.61. The van der Waals surface area contributed by atoms with Crippen LogP contribution in [0.2, 0.25) is 0 Å². The SMILES string of the molecule is CNc1nc2c(c(N)nc(=O)n2CCN[C@@H](CCCCN)C(C)=O)c(=O)[nH]1. The normalized spacial score (nSPS) is 12.3. The van der Waals surface area contributed by atoms with Crippen molar-refractivity contribution in [2.45, 2.75) is 38.8 Å². The maximum absolute atomic E-state index is 12.3. The third kappa shape index (κ3) is 4.89. The number of aromatic nitrogens is 4. The molecule has 0 unspecified atom stereocenters. The number of rotatable bonds is 10. The molecule has 2 rings (SSSR count). The number of nitrogens with two attached hydrogens (primary N) is 2. The Kier molecular flexibility index (Phi) is 7.02. The van der Waals surface area contributed by atoms with Crippen molar-refractivity contribution in [3.8, 4) is 0 Å². The summed E-state index contributed by atoms with van der Waals surface area (Å²) < 4.78 is 1.27. The van der Waals surface area contributed by atoms with Gasteiger partial charge in [0.1, 0.15) is 17.0 Å². The van der Waals surface area contributed by atoms with Crippen LogP contribution in [0.1, 0.15) is 26.2 Å². The Morgan fingerprint density at radius 3 is 2.67 bits per heavy atom. The molecule has 0 spiro atoms. The number of fused-ring (bicyclic) bond motifs is 1. The van der Waals surface area contributed by atoms with Crippen LogP contribution in [0.5, 0.6) is 0 Å².